The summed E-state index contributed by atoms with van der Waals surface area (Å²) in [6, 6.07) is 0. The SMILES string of the molecule is CC#CCN1CC2CC(C2)C1. The van der Waals surface area contributed by atoms with Crippen molar-refractivity contribution in [1.29, 1.82) is 0 Å². The molecule has 60 valence electrons. The summed E-state index contributed by atoms with van der Waals surface area (Å²) in [4.78, 5) is 2.50. The van der Waals surface area contributed by atoms with Gasteiger partial charge in [-0.2, -0.15) is 0 Å². The number of hydrogen-bond acceptors (Lipinski definition) is 1. The Kier molecular flexibility index (Phi) is 1.87. The molecule has 1 nitrogen and oxygen atoms in total. The van der Waals surface area contributed by atoms with Crippen molar-refractivity contribution in [3.8, 4) is 11.8 Å². The van der Waals surface area contributed by atoms with Gasteiger partial charge in [-0.15, -0.1) is 5.92 Å². The minimum Gasteiger partial charge on any atom is -0.292 e. The molecule has 3 aliphatic rings. The highest BCUT2D eigenvalue weighted by molar-refractivity contribution is 5.00. The second kappa shape index (κ2) is 2.87. The van der Waals surface area contributed by atoms with Crippen molar-refractivity contribution in [2.24, 2.45) is 11.8 Å². The molecule has 3 fully saturated rings. The van der Waals surface area contributed by atoms with Gasteiger partial charge in [0.25, 0.3) is 0 Å². The second-order valence-electron chi connectivity index (χ2n) is 3.82. The fourth-order valence-electron chi connectivity index (χ4n) is 2.30. The molecule has 0 amide bonds. The Hall–Kier alpha value is -0.480. The number of fused-ring (bicyclic) bond motifs is 2. The highest BCUT2D eigenvalue weighted by Crippen LogP contribution is 2.39. The van der Waals surface area contributed by atoms with Crippen LogP contribution < -0.4 is 0 Å². The molecule has 3 rings (SSSR count). The Morgan fingerprint density at radius 2 is 1.91 bits per heavy atom. The maximum absolute atomic E-state index is 3.14. The predicted molar refractivity (Wildman–Crippen MR) is 46.1 cm³/mol. The van der Waals surface area contributed by atoms with Gasteiger partial charge < -0.3 is 0 Å². The van der Waals surface area contributed by atoms with Crippen LogP contribution in [-0.2, 0) is 0 Å². The Morgan fingerprint density at radius 3 is 2.45 bits per heavy atom. The summed E-state index contributed by atoms with van der Waals surface area (Å²) in [7, 11) is 0. The molecule has 0 N–H and O–H groups in total. The van der Waals surface area contributed by atoms with Gasteiger partial charge in [-0.25, -0.2) is 0 Å². The zero-order valence-corrected chi connectivity index (χ0v) is 7.14. The highest BCUT2D eigenvalue weighted by atomic mass is 15.1. The van der Waals surface area contributed by atoms with Crippen LogP contribution in [0.15, 0.2) is 0 Å². The van der Waals surface area contributed by atoms with Crippen molar-refractivity contribution in [3.63, 3.8) is 0 Å². The van der Waals surface area contributed by atoms with Gasteiger partial charge in [0.05, 0.1) is 6.54 Å². The number of rotatable bonds is 1. The first-order valence-electron chi connectivity index (χ1n) is 4.50. The molecule has 2 saturated heterocycles. The molecule has 0 radical (unpaired) electrons. The van der Waals surface area contributed by atoms with Crippen molar-refractivity contribution in [2.75, 3.05) is 19.6 Å². The van der Waals surface area contributed by atoms with Crippen LogP contribution in [-0.4, -0.2) is 24.5 Å². The fraction of sp³-hybridized carbons (Fsp3) is 0.800. The molecule has 0 atom stereocenters. The molecule has 2 heterocycles. The average molecular weight is 149 g/mol. The van der Waals surface area contributed by atoms with Crippen LogP contribution in [0, 0.1) is 23.7 Å². The second-order valence-corrected chi connectivity index (χ2v) is 3.82. The van der Waals surface area contributed by atoms with Crippen molar-refractivity contribution in [2.45, 2.75) is 19.8 Å². The Bertz CT molecular complexity index is 183. The highest BCUT2D eigenvalue weighted by Gasteiger charge is 2.36. The lowest BCUT2D eigenvalue weighted by Crippen LogP contribution is -2.48. The van der Waals surface area contributed by atoms with Crippen LogP contribution in [0.25, 0.3) is 0 Å². The van der Waals surface area contributed by atoms with Crippen LogP contribution in [0.5, 0.6) is 0 Å². The van der Waals surface area contributed by atoms with Gasteiger partial charge >= 0.3 is 0 Å². The van der Waals surface area contributed by atoms with Crippen LogP contribution in [0.4, 0.5) is 0 Å². The molecule has 1 heteroatoms. The third-order valence-electron chi connectivity index (χ3n) is 2.85. The van der Waals surface area contributed by atoms with Gasteiger partial charge in [-0.05, 0) is 31.6 Å². The fourth-order valence-corrected chi connectivity index (χ4v) is 2.30. The molecule has 0 aromatic rings. The molecule has 2 aliphatic heterocycles. The van der Waals surface area contributed by atoms with E-state index >= 15 is 0 Å². The zero-order valence-electron chi connectivity index (χ0n) is 7.14. The van der Waals surface area contributed by atoms with Crippen molar-refractivity contribution < 1.29 is 0 Å². The van der Waals surface area contributed by atoms with Crippen LogP contribution in [0.1, 0.15) is 19.8 Å². The van der Waals surface area contributed by atoms with E-state index in [1.165, 1.54) is 25.9 Å². The van der Waals surface area contributed by atoms with Gasteiger partial charge in [0.15, 0.2) is 0 Å². The summed E-state index contributed by atoms with van der Waals surface area (Å²) in [5, 5.41) is 0. The van der Waals surface area contributed by atoms with E-state index in [0.29, 0.717) is 0 Å². The molecule has 1 aliphatic carbocycles. The Morgan fingerprint density at radius 1 is 1.27 bits per heavy atom. The van der Waals surface area contributed by atoms with Gasteiger partial charge in [0, 0.05) is 13.1 Å². The third kappa shape index (κ3) is 1.41. The van der Waals surface area contributed by atoms with E-state index < -0.39 is 0 Å². The normalized spacial score (nSPS) is 35.4. The summed E-state index contributed by atoms with van der Waals surface area (Å²) in [5.74, 6) is 8.13. The zero-order chi connectivity index (χ0) is 7.68. The lowest BCUT2D eigenvalue weighted by molar-refractivity contribution is 0.0362. The van der Waals surface area contributed by atoms with E-state index in [1.54, 1.807) is 0 Å². The largest absolute Gasteiger partial charge is 0.292 e. The molecule has 0 unspecified atom stereocenters. The number of hydrogen-bond donors (Lipinski definition) is 0. The smallest absolute Gasteiger partial charge is 0.0601 e. The maximum atomic E-state index is 3.14. The number of piperidine rings is 2. The molecule has 1 saturated carbocycles. The number of nitrogens with zero attached hydrogens (tertiary/aromatic N) is 1. The molecule has 0 aromatic carbocycles. The van der Waals surface area contributed by atoms with E-state index in [4.69, 9.17) is 0 Å². The lowest BCUT2D eigenvalue weighted by atomic mass is 9.71. The van der Waals surface area contributed by atoms with Gasteiger partial charge in [0.1, 0.15) is 0 Å². The van der Waals surface area contributed by atoms with Crippen LogP contribution >= 0.6 is 0 Å². The molecular formula is C10H15N. The first kappa shape index (κ1) is 7.18. The molecule has 0 aromatic heterocycles. The maximum Gasteiger partial charge on any atom is 0.0601 e. The van der Waals surface area contributed by atoms with Crippen LogP contribution in [0.2, 0.25) is 0 Å². The summed E-state index contributed by atoms with van der Waals surface area (Å²) < 4.78 is 0. The standard InChI is InChI=1S/C10H15N/c1-2-3-4-11-7-9-5-10(6-9)8-11/h9-10H,4-8H2,1H3. The van der Waals surface area contributed by atoms with Gasteiger partial charge in [-0.3, -0.25) is 4.90 Å². The van der Waals surface area contributed by atoms with Crippen molar-refractivity contribution in [3.05, 3.63) is 0 Å². The summed E-state index contributed by atoms with van der Waals surface area (Å²) in [6.45, 7) is 5.55. The topological polar surface area (TPSA) is 3.24 Å². The summed E-state index contributed by atoms with van der Waals surface area (Å²) in [5.41, 5.74) is 0. The van der Waals surface area contributed by atoms with Crippen molar-refractivity contribution in [1.82, 2.24) is 4.90 Å². The van der Waals surface area contributed by atoms with E-state index in [2.05, 4.69) is 16.7 Å². The Labute approximate surface area is 68.8 Å². The molecular weight excluding hydrogens is 134 g/mol. The average Bonchev–Trinajstić information content (AvgIpc) is 2.00. The molecule has 0 spiro atoms. The minimum absolute atomic E-state index is 1.00. The first-order chi connectivity index (χ1) is 5.38. The van der Waals surface area contributed by atoms with Gasteiger partial charge in [0.2, 0.25) is 0 Å². The van der Waals surface area contributed by atoms with E-state index in [0.717, 1.165) is 18.4 Å². The quantitative estimate of drug-likeness (QED) is 0.509. The summed E-state index contributed by atoms with van der Waals surface area (Å²) in [6.07, 6.45) is 2.99. The van der Waals surface area contributed by atoms with Crippen molar-refractivity contribution >= 4 is 0 Å². The lowest BCUT2D eigenvalue weighted by Gasteiger charge is -2.46. The van der Waals surface area contributed by atoms with Gasteiger partial charge in [-0.1, -0.05) is 5.92 Å². The summed E-state index contributed by atoms with van der Waals surface area (Å²) >= 11 is 0. The minimum atomic E-state index is 1.00. The van der Waals surface area contributed by atoms with E-state index in [-0.39, 0.29) is 0 Å². The third-order valence-corrected chi connectivity index (χ3v) is 2.85. The Balaban J connectivity index is 1.81. The first-order valence-corrected chi connectivity index (χ1v) is 4.50. The molecule has 2 bridgehead atoms. The monoisotopic (exact) mass is 149 g/mol. The van der Waals surface area contributed by atoms with E-state index in [9.17, 15) is 0 Å². The predicted octanol–water partition coefficient (Wildman–Crippen LogP) is 1.35. The van der Waals surface area contributed by atoms with E-state index in [1.807, 2.05) is 6.92 Å². The molecule has 11 heavy (non-hydrogen) atoms. The van der Waals surface area contributed by atoms with Crippen LogP contribution in [0.3, 0.4) is 0 Å².